The number of ether oxygens (including phenoxy) is 3. The highest BCUT2D eigenvalue weighted by Crippen LogP contribution is 2.43. The third-order valence-corrected chi connectivity index (χ3v) is 3.69. The van der Waals surface area contributed by atoms with Gasteiger partial charge in [0, 0.05) is 19.4 Å². The third kappa shape index (κ3) is 2.62. The number of carbonyl (C=O) groups is 1. The van der Waals surface area contributed by atoms with Gasteiger partial charge in [-0.15, -0.1) is 0 Å². The lowest BCUT2D eigenvalue weighted by Crippen LogP contribution is -2.22. The topological polar surface area (TPSA) is 44.8 Å². The Morgan fingerprint density at radius 1 is 1.25 bits per heavy atom. The highest BCUT2D eigenvalue weighted by atomic mass is 16.7. The number of rotatable bonds is 6. The zero-order chi connectivity index (χ0) is 11.4. The predicted octanol–water partition coefficient (Wildman–Crippen LogP) is 1.38. The van der Waals surface area contributed by atoms with Crippen molar-refractivity contribution in [3.63, 3.8) is 0 Å². The van der Waals surface area contributed by atoms with E-state index in [-0.39, 0.29) is 12.0 Å². The SMILES string of the molecule is COCCOCO[C@H]1CC[C@@H]2C(=O)CC[C@H]12. The first-order valence-corrected chi connectivity index (χ1v) is 6.04. The molecule has 0 radical (unpaired) electrons. The zero-order valence-electron chi connectivity index (χ0n) is 9.81. The van der Waals surface area contributed by atoms with Crippen LogP contribution in [0, 0.1) is 11.8 Å². The molecule has 0 aromatic heterocycles. The predicted molar refractivity (Wildman–Crippen MR) is 58.0 cm³/mol. The smallest absolute Gasteiger partial charge is 0.147 e. The van der Waals surface area contributed by atoms with E-state index in [0.717, 1.165) is 25.7 Å². The zero-order valence-corrected chi connectivity index (χ0v) is 9.81. The van der Waals surface area contributed by atoms with Crippen LogP contribution < -0.4 is 0 Å². The molecule has 2 aliphatic rings. The summed E-state index contributed by atoms with van der Waals surface area (Å²) in [6.07, 6.45) is 4.01. The summed E-state index contributed by atoms with van der Waals surface area (Å²) in [5.41, 5.74) is 0. The van der Waals surface area contributed by atoms with Crippen molar-refractivity contribution in [1.82, 2.24) is 0 Å². The van der Waals surface area contributed by atoms with Crippen LogP contribution in [0.25, 0.3) is 0 Å². The fraction of sp³-hybridized carbons (Fsp3) is 0.917. The molecule has 0 spiro atoms. The molecule has 0 aromatic rings. The molecular weight excluding hydrogens is 208 g/mol. The van der Waals surface area contributed by atoms with Crippen LogP contribution in [0.1, 0.15) is 25.7 Å². The van der Waals surface area contributed by atoms with Gasteiger partial charge in [-0.3, -0.25) is 4.79 Å². The van der Waals surface area contributed by atoms with Crippen LogP contribution in [0.5, 0.6) is 0 Å². The van der Waals surface area contributed by atoms with Gasteiger partial charge in [0.15, 0.2) is 0 Å². The van der Waals surface area contributed by atoms with E-state index in [1.54, 1.807) is 7.11 Å². The van der Waals surface area contributed by atoms with Gasteiger partial charge in [0.05, 0.1) is 19.3 Å². The number of carbonyl (C=O) groups excluding carboxylic acids is 1. The second-order valence-corrected chi connectivity index (χ2v) is 4.58. The summed E-state index contributed by atoms with van der Waals surface area (Å²) in [5, 5.41) is 0. The Balaban J connectivity index is 1.65. The number of hydrogen-bond acceptors (Lipinski definition) is 4. The van der Waals surface area contributed by atoms with Crippen molar-refractivity contribution in [1.29, 1.82) is 0 Å². The lowest BCUT2D eigenvalue weighted by atomic mass is 9.99. The highest BCUT2D eigenvalue weighted by molar-refractivity contribution is 5.83. The average Bonchev–Trinajstić information content (AvgIpc) is 2.83. The molecule has 0 bridgehead atoms. The Bertz CT molecular complexity index is 241. The number of methoxy groups -OCH3 is 1. The molecule has 0 aromatic carbocycles. The van der Waals surface area contributed by atoms with Crippen molar-refractivity contribution in [2.24, 2.45) is 11.8 Å². The highest BCUT2D eigenvalue weighted by Gasteiger charge is 2.44. The van der Waals surface area contributed by atoms with Crippen LogP contribution in [-0.2, 0) is 19.0 Å². The molecule has 3 atom stereocenters. The van der Waals surface area contributed by atoms with Gasteiger partial charge < -0.3 is 14.2 Å². The molecule has 2 aliphatic carbocycles. The normalized spacial score (nSPS) is 33.3. The summed E-state index contributed by atoms with van der Waals surface area (Å²) in [5.74, 6) is 1.18. The monoisotopic (exact) mass is 228 g/mol. The van der Waals surface area contributed by atoms with E-state index >= 15 is 0 Å². The molecule has 2 fully saturated rings. The van der Waals surface area contributed by atoms with Crippen LogP contribution in [0.15, 0.2) is 0 Å². The van der Waals surface area contributed by atoms with E-state index in [1.807, 2.05) is 0 Å². The Labute approximate surface area is 96.2 Å². The molecule has 0 heterocycles. The van der Waals surface area contributed by atoms with Gasteiger partial charge in [0.1, 0.15) is 12.6 Å². The first-order chi connectivity index (χ1) is 7.83. The Hall–Kier alpha value is -0.450. The summed E-state index contributed by atoms with van der Waals surface area (Å²) >= 11 is 0. The number of Topliss-reactive ketones (excluding diaryl/α,β-unsaturated/α-hetero) is 1. The van der Waals surface area contributed by atoms with Gasteiger partial charge in [-0.2, -0.15) is 0 Å². The molecule has 0 saturated heterocycles. The van der Waals surface area contributed by atoms with E-state index in [0.29, 0.717) is 31.7 Å². The molecular formula is C12H20O4. The largest absolute Gasteiger partial charge is 0.382 e. The molecule has 0 aliphatic heterocycles. The quantitative estimate of drug-likeness (QED) is 0.509. The summed E-state index contributed by atoms with van der Waals surface area (Å²) in [7, 11) is 1.65. The van der Waals surface area contributed by atoms with E-state index in [1.165, 1.54) is 0 Å². The van der Waals surface area contributed by atoms with Gasteiger partial charge >= 0.3 is 0 Å². The molecule has 16 heavy (non-hydrogen) atoms. The first-order valence-electron chi connectivity index (χ1n) is 6.04. The number of ketones is 1. The molecule has 4 nitrogen and oxygen atoms in total. The van der Waals surface area contributed by atoms with Gasteiger partial charge in [0.2, 0.25) is 0 Å². The van der Waals surface area contributed by atoms with Crippen LogP contribution in [-0.4, -0.2) is 39.0 Å². The summed E-state index contributed by atoms with van der Waals surface area (Å²) in [6, 6.07) is 0. The maximum atomic E-state index is 11.5. The third-order valence-electron chi connectivity index (χ3n) is 3.69. The summed E-state index contributed by atoms with van der Waals surface area (Å²) in [4.78, 5) is 11.5. The molecule has 4 heteroatoms. The molecule has 2 saturated carbocycles. The van der Waals surface area contributed by atoms with E-state index in [9.17, 15) is 4.79 Å². The van der Waals surface area contributed by atoms with Crippen LogP contribution in [0.2, 0.25) is 0 Å². The first kappa shape index (κ1) is 12.0. The van der Waals surface area contributed by atoms with Crippen LogP contribution >= 0.6 is 0 Å². The Morgan fingerprint density at radius 2 is 2.12 bits per heavy atom. The van der Waals surface area contributed by atoms with Gasteiger partial charge in [-0.1, -0.05) is 0 Å². The van der Waals surface area contributed by atoms with Gasteiger partial charge in [-0.25, -0.2) is 0 Å². The second kappa shape index (κ2) is 5.75. The van der Waals surface area contributed by atoms with Crippen molar-refractivity contribution in [3.05, 3.63) is 0 Å². The van der Waals surface area contributed by atoms with Gasteiger partial charge in [0.25, 0.3) is 0 Å². The maximum Gasteiger partial charge on any atom is 0.147 e. The Morgan fingerprint density at radius 3 is 2.94 bits per heavy atom. The second-order valence-electron chi connectivity index (χ2n) is 4.58. The molecule has 2 rings (SSSR count). The fourth-order valence-corrected chi connectivity index (χ4v) is 2.86. The van der Waals surface area contributed by atoms with Crippen molar-refractivity contribution in [3.8, 4) is 0 Å². The fourth-order valence-electron chi connectivity index (χ4n) is 2.86. The lowest BCUT2D eigenvalue weighted by Gasteiger charge is -2.18. The van der Waals surface area contributed by atoms with Gasteiger partial charge in [-0.05, 0) is 25.2 Å². The molecule has 0 N–H and O–H groups in total. The van der Waals surface area contributed by atoms with Crippen molar-refractivity contribution >= 4 is 5.78 Å². The summed E-state index contributed by atoms with van der Waals surface area (Å²) in [6.45, 7) is 1.49. The molecule has 92 valence electrons. The average molecular weight is 228 g/mol. The van der Waals surface area contributed by atoms with Crippen molar-refractivity contribution < 1.29 is 19.0 Å². The van der Waals surface area contributed by atoms with E-state index < -0.39 is 0 Å². The minimum Gasteiger partial charge on any atom is -0.382 e. The number of fused-ring (bicyclic) bond motifs is 1. The number of hydrogen-bond donors (Lipinski definition) is 0. The minimum atomic E-state index is 0.235. The van der Waals surface area contributed by atoms with E-state index in [2.05, 4.69) is 0 Å². The minimum absolute atomic E-state index is 0.235. The lowest BCUT2D eigenvalue weighted by molar-refractivity contribution is -0.122. The van der Waals surface area contributed by atoms with Crippen molar-refractivity contribution in [2.75, 3.05) is 27.1 Å². The standard InChI is InChI=1S/C12H20O4/c1-14-6-7-15-8-16-12-5-3-9-10(12)2-4-11(9)13/h9-10,12H,2-8H2,1H3/t9-,10-,12-/m0/s1. The Kier molecular flexibility index (Phi) is 4.32. The van der Waals surface area contributed by atoms with E-state index in [4.69, 9.17) is 14.2 Å². The van der Waals surface area contributed by atoms with Crippen molar-refractivity contribution in [2.45, 2.75) is 31.8 Å². The molecule has 0 unspecified atom stereocenters. The van der Waals surface area contributed by atoms with Crippen LogP contribution in [0.3, 0.4) is 0 Å². The molecule has 0 amide bonds. The summed E-state index contributed by atoms with van der Waals surface area (Å²) < 4.78 is 15.8. The van der Waals surface area contributed by atoms with Crippen LogP contribution in [0.4, 0.5) is 0 Å². The maximum absolute atomic E-state index is 11.5.